The molecular formula is C13H9NS2. The summed E-state index contributed by atoms with van der Waals surface area (Å²) in [6, 6.07) is 18.1. The van der Waals surface area contributed by atoms with E-state index < -0.39 is 0 Å². The molecule has 0 fully saturated rings. The van der Waals surface area contributed by atoms with Crippen molar-refractivity contribution in [3.63, 3.8) is 0 Å². The van der Waals surface area contributed by atoms with Crippen LogP contribution in [0.2, 0.25) is 0 Å². The van der Waals surface area contributed by atoms with E-state index in [1.807, 2.05) is 42.5 Å². The molecule has 2 aromatic rings. The summed E-state index contributed by atoms with van der Waals surface area (Å²) in [5.41, 5.74) is 0.867. The fourth-order valence-corrected chi connectivity index (χ4v) is 2.31. The van der Waals surface area contributed by atoms with Crippen LogP contribution >= 0.6 is 24.0 Å². The highest BCUT2D eigenvalue weighted by Crippen LogP contribution is 2.34. The molecule has 0 atom stereocenters. The van der Waals surface area contributed by atoms with Gasteiger partial charge in [0.2, 0.25) is 0 Å². The monoisotopic (exact) mass is 243 g/mol. The van der Waals surface area contributed by atoms with Crippen LogP contribution < -0.4 is 0 Å². The molecule has 0 aliphatic rings. The van der Waals surface area contributed by atoms with Gasteiger partial charge in [0, 0.05) is 9.79 Å². The number of para-hydroxylation sites is 1. The van der Waals surface area contributed by atoms with E-state index >= 15 is 0 Å². The van der Waals surface area contributed by atoms with Crippen molar-refractivity contribution < 1.29 is 0 Å². The average molecular weight is 243 g/mol. The van der Waals surface area contributed by atoms with Crippen LogP contribution in [0, 0.1) is 0 Å². The van der Waals surface area contributed by atoms with Crippen molar-refractivity contribution in [3.8, 4) is 0 Å². The van der Waals surface area contributed by atoms with Crippen molar-refractivity contribution in [2.24, 2.45) is 4.99 Å². The Kier molecular flexibility index (Phi) is 3.89. The molecule has 0 N–H and O–H groups in total. The molecule has 78 valence electrons. The molecule has 0 aliphatic carbocycles. The molecule has 16 heavy (non-hydrogen) atoms. The van der Waals surface area contributed by atoms with Crippen LogP contribution in [-0.4, -0.2) is 5.16 Å². The molecule has 0 heterocycles. The fraction of sp³-hybridized carbons (Fsp3) is 0. The smallest absolute Gasteiger partial charge is 0.0878 e. The quantitative estimate of drug-likeness (QED) is 0.578. The molecule has 1 nitrogen and oxygen atoms in total. The summed E-state index contributed by atoms with van der Waals surface area (Å²) in [6.45, 7) is 0. The van der Waals surface area contributed by atoms with Gasteiger partial charge in [-0.1, -0.05) is 42.1 Å². The Morgan fingerprint density at radius 2 is 1.62 bits per heavy atom. The zero-order valence-electron chi connectivity index (χ0n) is 8.46. The summed E-state index contributed by atoms with van der Waals surface area (Å²) >= 11 is 6.31. The van der Waals surface area contributed by atoms with E-state index in [0.717, 1.165) is 10.6 Å². The first-order valence-corrected chi connectivity index (χ1v) is 6.02. The minimum atomic E-state index is 0.867. The van der Waals surface area contributed by atoms with Gasteiger partial charge in [-0.15, -0.1) is 0 Å². The second-order valence-electron chi connectivity index (χ2n) is 3.09. The van der Waals surface area contributed by atoms with Gasteiger partial charge in [-0.2, -0.15) is 4.99 Å². The predicted molar refractivity (Wildman–Crippen MR) is 71.7 cm³/mol. The summed E-state index contributed by atoms with van der Waals surface area (Å²) in [6.07, 6.45) is 0. The van der Waals surface area contributed by atoms with Gasteiger partial charge in [-0.3, -0.25) is 0 Å². The first kappa shape index (κ1) is 11.1. The molecule has 0 radical (unpaired) electrons. The Labute approximate surface area is 104 Å². The van der Waals surface area contributed by atoms with Crippen molar-refractivity contribution in [3.05, 3.63) is 54.6 Å². The van der Waals surface area contributed by atoms with E-state index in [1.165, 1.54) is 4.90 Å². The van der Waals surface area contributed by atoms with Crippen LogP contribution in [0.5, 0.6) is 0 Å². The lowest BCUT2D eigenvalue weighted by atomic mass is 10.3. The molecule has 0 aliphatic heterocycles. The van der Waals surface area contributed by atoms with Crippen molar-refractivity contribution in [2.45, 2.75) is 9.79 Å². The number of nitrogens with zero attached hydrogens (tertiary/aromatic N) is 1. The zero-order chi connectivity index (χ0) is 11.2. The Bertz CT molecular complexity index is 516. The van der Waals surface area contributed by atoms with Crippen molar-refractivity contribution in [1.29, 1.82) is 0 Å². The highest BCUT2D eigenvalue weighted by molar-refractivity contribution is 7.99. The molecule has 0 bridgehead atoms. The third kappa shape index (κ3) is 2.80. The number of thiocarbonyl (C=S) groups is 1. The summed E-state index contributed by atoms with van der Waals surface area (Å²) < 4.78 is 0. The fourth-order valence-electron chi connectivity index (χ4n) is 1.30. The number of rotatable bonds is 3. The largest absolute Gasteiger partial charge is 0.194 e. The maximum Gasteiger partial charge on any atom is 0.0878 e. The van der Waals surface area contributed by atoms with E-state index in [2.05, 4.69) is 34.5 Å². The SMILES string of the molecule is S=C=Nc1ccccc1Sc1ccccc1. The highest BCUT2D eigenvalue weighted by atomic mass is 32.2. The Morgan fingerprint density at radius 1 is 0.938 bits per heavy atom. The van der Waals surface area contributed by atoms with Gasteiger partial charge in [0.1, 0.15) is 0 Å². The van der Waals surface area contributed by atoms with Gasteiger partial charge in [-0.05, 0) is 36.5 Å². The minimum absolute atomic E-state index is 0.867. The molecule has 3 heteroatoms. The predicted octanol–water partition coefficient (Wildman–Crippen LogP) is 4.57. The lowest BCUT2D eigenvalue weighted by Crippen LogP contribution is -1.74. The number of isothiocyanates is 1. The van der Waals surface area contributed by atoms with E-state index in [1.54, 1.807) is 11.8 Å². The zero-order valence-corrected chi connectivity index (χ0v) is 10.1. The standard InChI is InChI=1S/C13H9NS2/c15-10-14-12-8-4-5-9-13(12)16-11-6-2-1-3-7-11/h1-9H. The molecule has 0 saturated carbocycles. The summed E-state index contributed by atoms with van der Waals surface area (Å²) in [5.74, 6) is 0. The molecule has 2 rings (SSSR count). The molecule has 0 amide bonds. The van der Waals surface area contributed by atoms with E-state index in [4.69, 9.17) is 0 Å². The summed E-state index contributed by atoms with van der Waals surface area (Å²) in [7, 11) is 0. The average Bonchev–Trinajstić information content (AvgIpc) is 2.33. The van der Waals surface area contributed by atoms with Crippen molar-refractivity contribution in [1.82, 2.24) is 0 Å². The number of aliphatic imine (C=N–C) groups is 1. The maximum atomic E-state index is 4.63. The lowest BCUT2D eigenvalue weighted by molar-refractivity contribution is 1.36. The first-order chi connectivity index (χ1) is 7.90. The third-order valence-electron chi connectivity index (χ3n) is 2.00. The lowest BCUT2D eigenvalue weighted by Gasteiger charge is -2.03. The maximum absolute atomic E-state index is 4.63. The van der Waals surface area contributed by atoms with E-state index in [0.29, 0.717) is 0 Å². The Balaban J connectivity index is 2.31. The summed E-state index contributed by atoms with van der Waals surface area (Å²) in [4.78, 5) is 6.33. The number of hydrogen-bond donors (Lipinski definition) is 0. The van der Waals surface area contributed by atoms with Gasteiger partial charge in [-0.25, -0.2) is 0 Å². The minimum Gasteiger partial charge on any atom is -0.194 e. The van der Waals surface area contributed by atoms with Gasteiger partial charge in [0.25, 0.3) is 0 Å². The highest BCUT2D eigenvalue weighted by Gasteiger charge is 2.01. The van der Waals surface area contributed by atoms with Gasteiger partial charge < -0.3 is 0 Å². The van der Waals surface area contributed by atoms with Gasteiger partial charge >= 0.3 is 0 Å². The molecule has 0 unspecified atom stereocenters. The van der Waals surface area contributed by atoms with Crippen LogP contribution in [0.1, 0.15) is 0 Å². The third-order valence-corrected chi connectivity index (χ3v) is 3.17. The van der Waals surface area contributed by atoms with Gasteiger partial charge in [0.05, 0.1) is 10.8 Å². The van der Waals surface area contributed by atoms with Crippen LogP contribution in [0.25, 0.3) is 0 Å². The topological polar surface area (TPSA) is 12.4 Å². The number of hydrogen-bond acceptors (Lipinski definition) is 3. The normalized spacial score (nSPS) is 9.50. The van der Waals surface area contributed by atoms with Crippen LogP contribution in [0.4, 0.5) is 5.69 Å². The summed E-state index contributed by atoms with van der Waals surface area (Å²) in [5, 5.41) is 2.41. The van der Waals surface area contributed by atoms with Gasteiger partial charge in [0.15, 0.2) is 0 Å². The molecule has 0 saturated heterocycles. The van der Waals surface area contributed by atoms with Crippen LogP contribution in [-0.2, 0) is 0 Å². The van der Waals surface area contributed by atoms with Crippen molar-refractivity contribution in [2.75, 3.05) is 0 Å². The number of benzene rings is 2. The van der Waals surface area contributed by atoms with E-state index in [9.17, 15) is 0 Å². The Morgan fingerprint density at radius 3 is 2.38 bits per heavy atom. The second-order valence-corrected chi connectivity index (χ2v) is 4.38. The molecule has 0 spiro atoms. The first-order valence-electron chi connectivity index (χ1n) is 4.80. The molecule has 0 aromatic heterocycles. The van der Waals surface area contributed by atoms with E-state index in [-0.39, 0.29) is 0 Å². The van der Waals surface area contributed by atoms with Crippen LogP contribution in [0.3, 0.4) is 0 Å². The van der Waals surface area contributed by atoms with Crippen molar-refractivity contribution >= 4 is 34.8 Å². The second kappa shape index (κ2) is 5.61. The Hall–Kier alpha value is -1.41. The molecule has 2 aromatic carbocycles. The van der Waals surface area contributed by atoms with Crippen LogP contribution in [0.15, 0.2) is 69.4 Å². The molecular weight excluding hydrogens is 234 g/mol.